The zero-order valence-electron chi connectivity index (χ0n) is 18.2. The summed E-state index contributed by atoms with van der Waals surface area (Å²) in [5.74, 6) is 1.13. The van der Waals surface area contributed by atoms with Crippen LogP contribution in [-0.4, -0.2) is 32.7 Å². The van der Waals surface area contributed by atoms with E-state index in [1.54, 1.807) is 42.5 Å². The molecule has 0 atom stereocenters. The fourth-order valence-corrected chi connectivity index (χ4v) is 3.89. The normalized spacial score (nSPS) is 11.5. The van der Waals surface area contributed by atoms with Gasteiger partial charge in [0, 0.05) is 12.1 Å². The lowest BCUT2D eigenvalue weighted by Crippen LogP contribution is -2.21. The molecule has 0 saturated carbocycles. The van der Waals surface area contributed by atoms with E-state index in [0.29, 0.717) is 35.3 Å². The molecule has 0 bridgehead atoms. The SMILES string of the molecule is CCOc1cc(C=NN(C)S(=O)(=O)c2ccc(C)cc2)ccc1OCc1ccc(Cl)cc1. The second-order valence-corrected chi connectivity index (χ2v) is 9.44. The second kappa shape index (κ2) is 10.5. The monoisotopic (exact) mass is 472 g/mol. The van der Waals surface area contributed by atoms with Gasteiger partial charge in [0.05, 0.1) is 17.7 Å². The summed E-state index contributed by atoms with van der Waals surface area (Å²) < 4.78 is 37.9. The van der Waals surface area contributed by atoms with Crippen LogP contribution in [0.3, 0.4) is 0 Å². The summed E-state index contributed by atoms with van der Waals surface area (Å²) in [5, 5.41) is 4.78. The Hall–Kier alpha value is -3.03. The second-order valence-electron chi connectivity index (χ2n) is 7.05. The number of rotatable bonds is 9. The summed E-state index contributed by atoms with van der Waals surface area (Å²) in [6.07, 6.45) is 1.47. The molecule has 6 nitrogen and oxygen atoms in total. The molecule has 0 N–H and O–H groups in total. The predicted molar refractivity (Wildman–Crippen MR) is 127 cm³/mol. The summed E-state index contributed by atoms with van der Waals surface area (Å²) in [6, 6.07) is 19.4. The molecule has 0 aromatic heterocycles. The van der Waals surface area contributed by atoms with Gasteiger partial charge in [-0.25, -0.2) is 0 Å². The highest BCUT2D eigenvalue weighted by Crippen LogP contribution is 2.29. The fourth-order valence-electron chi connectivity index (χ4n) is 2.81. The number of aryl methyl sites for hydroxylation is 1. The molecule has 3 aromatic rings. The molecule has 0 radical (unpaired) electrons. The molecule has 168 valence electrons. The van der Waals surface area contributed by atoms with Gasteiger partial charge >= 0.3 is 0 Å². The van der Waals surface area contributed by atoms with Crippen LogP contribution < -0.4 is 9.47 Å². The standard InChI is InChI=1S/C24H25ClN2O4S/c1-4-30-24-15-20(9-14-23(24)31-17-19-7-10-21(25)11-8-19)16-26-27(3)32(28,29)22-12-5-18(2)6-13-22/h5-16H,4,17H2,1-3H3. The first-order valence-corrected chi connectivity index (χ1v) is 11.8. The number of nitrogens with zero attached hydrogens (tertiary/aromatic N) is 2. The zero-order chi connectivity index (χ0) is 23.1. The maximum absolute atomic E-state index is 12.7. The molecular weight excluding hydrogens is 448 g/mol. The highest BCUT2D eigenvalue weighted by Gasteiger charge is 2.18. The van der Waals surface area contributed by atoms with Crippen LogP contribution >= 0.6 is 11.6 Å². The minimum Gasteiger partial charge on any atom is -0.490 e. The van der Waals surface area contributed by atoms with Gasteiger partial charge in [-0.05, 0) is 67.4 Å². The topological polar surface area (TPSA) is 68.2 Å². The van der Waals surface area contributed by atoms with Gasteiger partial charge in [0.1, 0.15) is 6.61 Å². The Morgan fingerprint density at radius 3 is 2.31 bits per heavy atom. The molecule has 0 unspecified atom stereocenters. The molecule has 0 aliphatic rings. The number of ether oxygens (including phenoxy) is 2. The van der Waals surface area contributed by atoms with Crippen LogP contribution in [0.2, 0.25) is 5.02 Å². The Morgan fingerprint density at radius 2 is 1.66 bits per heavy atom. The first kappa shape index (κ1) is 23.6. The van der Waals surface area contributed by atoms with E-state index in [9.17, 15) is 8.42 Å². The average molecular weight is 473 g/mol. The highest BCUT2D eigenvalue weighted by molar-refractivity contribution is 7.89. The molecular formula is C24H25ClN2O4S. The third-order valence-electron chi connectivity index (χ3n) is 4.61. The summed E-state index contributed by atoms with van der Waals surface area (Å²) in [7, 11) is -2.33. The van der Waals surface area contributed by atoms with Gasteiger partial charge in [-0.1, -0.05) is 41.4 Å². The van der Waals surface area contributed by atoms with Gasteiger partial charge in [0.25, 0.3) is 10.0 Å². The highest BCUT2D eigenvalue weighted by atomic mass is 35.5. The van der Waals surface area contributed by atoms with Crippen LogP contribution in [0.4, 0.5) is 0 Å². The Kier molecular flexibility index (Phi) is 7.77. The van der Waals surface area contributed by atoms with E-state index in [4.69, 9.17) is 21.1 Å². The molecule has 0 aliphatic heterocycles. The van der Waals surface area contributed by atoms with Crippen LogP contribution in [0.1, 0.15) is 23.6 Å². The quantitative estimate of drug-likeness (QED) is 0.314. The molecule has 3 aromatic carbocycles. The van der Waals surface area contributed by atoms with Crippen molar-refractivity contribution in [2.45, 2.75) is 25.3 Å². The lowest BCUT2D eigenvalue weighted by atomic mass is 10.2. The van der Waals surface area contributed by atoms with Gasteiger partial charge < -0.3 is 9.47 Å². The number of sulfonamides is 1. The minimum absolute atomic E-state index is 0.184. The van der Waals surface area contributed by atoms with Crippen molar-refractivity contribution in [2.75, 3.05) is 13.7 Å². The van der Waals surface area contributed by atoms with Crippen LogP contribution in [0.25, 0.3) is 0 Å². The lowest BCUT2D eigenvalue weighted by Gasteiger charge is -2.14. The predicted octanol–water partition coefficient (Wildman–Crippen LogP) is 5.28. The van der Waals surface area contributed by atoms with E-state index in [-0.39, 0.29) is 4.90 Å². The lowest BCUT2D eigenvalue weighted by molar-refractivity contribution is 0.269. The Balaban J connectivity index is 1.74. The summed E-state index contributed by atoms with van der Waals surface area (Å²) in [4.78, 5) is 0.184. The molecule has 32 heavy (non-hydrogen) atoms. The van der Waals surface area contributed by atoms with E-state index in [1.165, 1.54) is 13.3 Å². The van der Waals surface area contributed by atoms with Gasteiger partial charge in [-0.3, -0.25) is 0 Å². The van der Waals surface area contributed by atoms with Gasteiger partial charge in [0.15, 0.2) is 11.5 Å². The van der Waals surface area contributed by atoms with Crippen molar-refractivity contribution in [1.29, 1.82) is 0 Å². The fraction of sp³-hybridized carbons (Fsp3) is 0.208. The summed E-state index contributed by atoms with van der Waals surface area (Å²) in [5.41, 5.74) is 2.64. The van der Waals surface area contributed by atoms with Crippen LogP contribution in [0.5, 0.6) is 11.5 Å². The summed E-state index contributed by atoms with van der Waals surface area (Å²) in [6.45, 7) is 4.60. The van der Waals surface area contributed by atoms with Crippen LogP contribution in [0, 0.1) is 6.92 Å². The molecule has 0 amide bonds. The van der Waals surface area contributed by atoms with Crippen molar-refractivity contribution < 1.29 is 17.9 Å². The Labute approximate surface area is 194 Å². The minimum atomic E-state index is -3.73. The first-order chi connectivity index (χ1) is 15.3. The van der Waals surface area contributed by atoms with E-state index >= 15 is 0 Å². The third kappa shape index (κ3) is 6.02. The van der Waals surface area contributed by atoms with E-state index in [2.05, 4.69) is 5.10 Å². The Bertz CT molecular complexity index is 1180. The Morgan fingerprint density at radius 1 is 0.969 bits per heavy atom. The number of halogens is 1. The largest absolute Gasteiger partial charge is 0.490 e. The van der Waals surface area contributed by atoms with Crippen molar-refractivity contribution in [3.05, 3.63) is 88.4 Å². The van der Waals surface area contributed by atoms with Crippen molar-refractivity contribution in [3.8, 4) is 11.5 Å². The van der Waals surface area contributed by atoms with Crippen molar-refractivity contribution in [3.63, 3.8) is 0 Å². The van der Waals surface area contributed by atoms with Crippen molar-refractivity contribution >= 4 is 27.8 Å². The van der Waals surface area contributed by atoms with Crippen LogP contribution in [-0.2, 0) is 16.6 Å². The van der Waals surface area contributed by atoms with Crippen molar-refractivity contribution in [1.82, 2.24) is 4.41 Å². The smallest absolute Gasteiger partial charge is 0.278 e. The summed E-state index contributed by atoms with van der Waals surface area (Å²) >= 11 is 5.92. The number of benzene rings is 3. The van der Waals surface area contributed by atoms with E-state index in [0.717, 1.165) is 15.5 Å². The van der Waals surface area contributed by atoms with Gasteiger partial charge in [-0.2, -0.15) is 17.9 Å². The maximum atomic E-state index is 12.7. The van der Waals surface area contributed by atoms with E-state index in [1.807, 2.05) is 38.1 Å². The van der Waals surface area contributed by atoms with Gasteiger partial charge in [-0.15, -0.1) is 0 Å². The molecule has 0 saturated heterocycles. The molecule has 0 heterocycles. The molecule has 0 fully saturated rings. The molecule has 0 aliphatic carbocycles. The maximum Gasteiger partial charge on any atom is 0.278 e. The van der Waals surface area contributed by atoms with Gasteiger partial charge in [0.2, 0.25) is 0 Å². The molecule has 3 rings (SSSR count). The molecule has 0 spiro atoms. The third-order valence-corrected chi connectivity index (χ3v) is 6.52. The number of hydrazone groups is 1. The first-order valence-electron chi connectivity index (χ1n) is 10.0. The van der Waals surface area contributed by atoms with Crippen LogP contribution in [0.15, 0.2) is 76.7 Å². The number of hydrogen-bond acceptors (Lipinski definition) is 5. The molecule has 8 heteroatoms. The number of hydrogen-bond donors (Lipinski definition) is 0. The van der Waals surface area contributed by atoms with E-state index < -0.39 is 10.0 Å². The average Bonchev–Trinajstić information content (AvgIpc) is 2.78. The van der Waals surface area contributed by atoms with Crippen molar-refractivity contribution in [2.24, 2.45) is 5.10 Å². The zero-order valence-corrected chi connectivity index (χ0v) is 19.7.